The number of nitrogens with zero attached hydrogens (tertiary/aromatic N) is 2. The molecule has 6 rings (SSSR count). The van der Waals surface area contributed by atoms with Crippen LogP contribution in [0.3, 0.4) is 0 Å². The molecule has 2 amide bonds. The van der Waals surface area contributed by atoms with Crippen LogP contribution in [-0.4, -0.2) is 88.0 Å². The normalized spacial score (nSPS) is 16.0. The Labute approximate surface area is 389 Å². The molecule has 4 aromatic carbocycles. The van der Waals surface area contributed by atoms with Gasteiger partial charge in [0, 0.05) is 26.1 Å². The number of β-amino-alcohol motifs (C(OH)–C–C–N with tert-alkyl or cyclic N) is 1. The molecule has 6 N–H and O–H groups in total. The van der Waals surface area contributed by atoms with Crippen molar-refractivity contribution in [3.05, 3.63) is 131 Å². The van der Waals surface area contributed by atoms with E-state index in [9.17, 15) is 24.9 Å². The maximum atomic E-state index is 14.0. The number of phenolic OH excluding ortho intramolecular Hbond substituents is 2. The standard InChI is InChI=1S/C53H67N5O6S/c1-6-46(38-16-22-42(59)23-17-38)48(39-18-24-43(60)25-19-39)40-20-26-45(27-21-40)64-31-30-54-28-10-8-7-9-11-29-55-50(53(3,4)5)52(63)58-34-44(61)32-47(58)51(62)56-33-37-12-14-41(15-13-37)49-36(2)57-35-65-49/h12-27,35,44,47,50,54-55,59-61H,6-11,28-34H2,1-5H3,(H,56,62)/t44-,47+,50?/m1/s1. The van der Waals surface area contributed by atoms with Gasteiger partial charge in [0.1, 0.15) is 29.9 Å². The Morgan fingerprint density at radius 2 is 1.42 bits per heavy atom. The van der Waals surface area contributed by atoms with Crippen molar-refractivity contribution in [3.63, 3.8) is 0 Å². The number of hydrogen-bond donors (Lipinski definition) is 6. The van der Waals surface area contributed by atoms with Crippen molar-refractivity contribution < 1.29 is 29.6 Å². The van der Waals surface area contributed by atoms with E-state index < -0.39 is 18.2 Å². The summed E-state index contributed by atoms with van der Waals surface area (Å²) in [5, 5.41) is 40.4. The molecule has 5 aromatic rings. The van der Waals surface area contributed by atoms with Crippen LogP contribution in [0.1, 0.15) is 101 Å². The molecule has 65 heavy (non-hydrogen) atoms. The largest absolute Gasteiger partial charge is 0.508 e. The summed E-state index contributed by atoms with van der Waals surface area (Å²) in [6.07, 6.45) is 5.53. The lowest BCUT2D eigenvalue weighted by molar-refractivity contribution is -0.142. The lowest BCUT2D eigenvalue weighted by atomic mass is 9.85. The average Bonchev–Trinajstić information content (AvgIpc) is 3.92. The van der Waals surface area contributed by atoms with E-state index in [-0.39, 0.29) is 41.7 Å². The van der Waals surface area contributed by atoms with Crippen LogP contribution in [-0.2, 0) is 16.1 Å². The molecule has 3 atom stereocenters. The summed E-state index contributed by atoms with van der Waals surface area (Å²) in [5.41, 5.74) is 9.78. The molecule has 0 bridgehead atoms. The summed E-state index contributed by atoms with van der Waals surface area (Å²) in [7, 11) is 0. The van der Waals surface area contributed by atoms with Crippen molar-refractivity contribution >= 4 is 34.3 Å². The van der Waals surface area contributed by atoms with Crippen molar-refractivity contribution in [3.8, 4) is 27.7 Å². The van der Waals surface area contributed by atoms with Crippen LogP contribution in [0, 0.1) is 12.3 Å². The van der Waals surface area contributed by atoms with E-state index in [4.69, 9.17) is 4.74 Å². The van der Waals surface area contributed by atoms with Gasteiger partial charge in [-0.05, 0) is 120 Å². The number of ether oxygens (including phenoxy) is 1. The molecule has 0 spiro atoms. The van der Waals surface area contributed by atoms with Crippen LogP contribution in [0.15, 0.2) is 103 Å². The first-order valence-corrected chi connectivity index (χ1v) is 23.9. The first-order valence-electron chi connectivity index (χ1n) is 23.1. The van der Waals surface area contributed by atoms with Gasteiger partial charge in [0.15, 0.2) is 0 Å². The first-order chi connectivity index (χ1) is 31.3. The zero-order valence-corrected chi connectivity index (χ0v) is 39.4. The Morgan fingerprint density at radius 1 is 0.815 bits per heavy atom. The van der Waals surface area contributed by atoms with Gasteiger partial charge in [-0.2, -0.15) is 0 Å². The number of carbonyl (C=O) groups excluding carboxylic acids is 2. The number of benzene rings is 4. The smallest absolute Gasteiger partial charge is 0.243 e. The fourth-order valence-electron chi connectivity index (χ4n) is 8.46. The molecule has 0 saturated carbocycles. The number of amides is 2. The number of phenols is 2. The molecule has 1 aromatic heterocycles. The van der Waals surface area contributed by atoms with Crippen molar-refractivity contribution in [2.75, 3.05) is 32.8 Å². The summed E-state index contributed by atoms with van der Waals surface area (Å²) in [4.78, 5) is 34.5. The summed E-state index contributed by atoms with van der Waals surface area (Å²) < 4.78 is 6.07. The number of hydrogen-bond acceptors (Lipinski definition) is 10. The molecule has 1 fully saturated rings. The second-order valence-corrected chi connectivity index (χ2v) is 18.9. The van der Waals surface area contributed by atoms with Crippen molar-refractivity contribution in [2.24, 2.45) is 5.41 Å². The van der Waals surface area contributed by atoms with Crippen LogP contribution in [0.25, 0.3) is 21.6 Å². The van der Waals surface area contributed by atoms with Crippen LogP contribution in [0.2, 0.25) is 0 Å². The molecule has 1 unspecified atom stereocenters. The Balaban J connectivity index is 0.877. The second kappa shape index (κ2) is 23.6. The first kappa shape index (κ1) is 48.9. The zero-order chi connectivity index (χ0) is 46.3. The van der Waals surface area contributed by atoms with Gasteiger partial charge in [0.05, 0.1) is 28.2 Å². The summed E-state index contributed by atoms with van der Waals surface area (Å²) in [6, 6.07) is 29.5. The van der Waals surface area contributed by atoms with Gasteiger partial charge in [-0.25, -0.2) is 4.98 Å². The van der Waals surface area contributed by atoms with E-state index in [0.717, 1.165) is 107 Å². The molecule has 1 aliphatic heterocycles. The monoisotopic (exact) mass is 901 g/mol. The lowest BCUT2D eigenvalue weighted by Gasteiger charge is -2.35. The maximum Gasteiger partial charge on any atom is 0.243 e. The predicted molar refractivity (Wildman–Crippen MR) is 262 cm³/mol. The number of allylic oxidation sites excluding steroid dienone is 1. The van der Waals surface area contributed by atoms with Gasteiger partial charge < -0.3 is 40.9 Å². The van der Waals surface area contributed by atoms with Gasteiger partial charge in [0.25, 0.3) is 0 Å². The van der Waals surface area contributed by atoms with Gasteiger partial charge in [0.2, 0.25) is 11.8 Å². The fraction of sp³-hybridized carbons (Fsp3) is 0.415. The van der Waals surface area contributed by atoms with E-state index in [1.54, 1.807) is 40.5 Å². The number of aromatic nitrogens is 1. The number of thiazole rings is 1. The van der Waals surface area contributed by atoms with Crippen LogP contribution in [0.5, 0.6) is 17.2 Å². The topological polar surface area (TPSA) is 156 Å². The molecule has 346 valence electrons. The lowest BCUT2D eigenvalue weighted by Crippen LogP contribution is -2.56. The second-order valence-electron chi connectivity index (χ2n) is 18.0. The van der Waals surface area contributed by atoms with E-state index >= 15 is 0 Å². The van der Waals surface area contributed by atoms with Crippen LogP contribution < -0.4 is 20.7 Å². The van der Waals surface area contributed by atoms with E-state index in [1.807, 2.05) is 93.9 Å². The minimum atomic E-state index is -0.744. The quantitative estimate of drug-likeness (QED) is 0.0295. The molecule has 1 saturated heterocycles. The number of rotatable bonds is 22. The van der Waals surface area contributed by atoms with Crippen LogP contribution >= 0.6 is 11.3 Å². The third kappa shape index (κ3) is 13.7. The summed E-state index contributed by atoms with van der Waals surface area (Å²) >= 11 is 1.60. The molecule has 0 radical (unpaired) electrons. The third-order valence-electron chi connectivity index (χ3n) is 12.0. The van der Waals surface area contributed by atoms with Crippen molar-refractivity contribution in [1.29, 1.82) is 0 Å². The maximum absolute atomic E-state index is 14.0. The van der Waals surface area contributed by atoms with Crippen molar-refractivity contribution in [2.45, 2.75) is 104 Å². The highest BCUT2D eigenvalue weighted by atomic mass is 32.1. The van der Waals surface area contributed by atoms with E-state index in [2.05, 4.69) is 40.0 Å². The van der Waals surface area contributed by atoms with E-state index in [0.29, 0.717) is 19.7 Å². The highest BCUT2D eigenvalue weighted by Gasteiger charge is 2.43. The van der Waals surface area contributed by atoms with Gasteiger partial charge >= 0.3 is 0 Å². The molecule has 0 aliphatic carbocycles. The highest BCUT2D eigenvalue weighted by molar-refractivity contribution is 7.13. The number of carbonyl (C=O) groups is 2. The molecule has 1 aliphatic rings. The number of aliphatic hydroxyl groups is 1. The minimum Gasteiger partial charge on any atom is -0.508 e. The molecule has 11 nitrogen and oxygen atoms in total. The van der Waals surface area contributed by atoms with Gasteiger partial charge in [-0.15, -0.1) is 11.3 Å². The number of unbranched alkanes of at least 4 members (excludes halogenated alkanes) is 4. The SMILES string of the molecule is CCC(=C(c1ccc(O)cc1)c1ccc(OCCNCCCCCCCNC(C(=O)N2C[C@H](O)C[C@H]2C(=O)NCc2ccc(-c3scnc3C)cc2)C(C)(C)C)cc1)c1ccc(O)cc1. The van der Waals surface area contributed by atoms with Gasteiger partial charge in [-0.1, -0.05) is 108 Å². The number of likely N-dealkylation sites (tertiary alicyclic amines) is 1. The van der Waals surface area contributed by atoms with Crippen molar-refractivity contribution in [1.82, 2.24) is 25.8 Å². The predicted octanol–water partition coefficient (Wildman–Crippen LogP) is 9.10. The average molecular weight is 902 g/mol. The molecule has 12 heteroatoms. The van der Waals surface area contributed by atoms with E-state index in [1.165, 1.54) is 0 Å². The molecular formula is C53H67N5O6S. The zero-order valence-electron chi connectivity index (χ0n) is 38.6. The highest BCUT2D eigenvalue weighted by Crippen LogP contribution is 2.36. The summed E-state index contributed by atoms with van der Waals surface area (Å²) in [5.74, 6) is 0.852. The third-order valence-corrected chi connectivity index (χ3v) is 13.0. The number of aryl methyl sites for hydroxylation is 1. The number of aromatic hydroxyl groups is 2. The fourth-order valence-corrected chi connectivity index (χ4v) is 9.27. The Kier molecular flexibility index (Phi) is 17.8. The van der Waals surface area contributed by atoms with Gasteiger partial charge in [-0.3, -0.25) is 9.59 Å². The molecular weight excluding hydrogens is 835 g/mol. The van der Waals surface area contributed by atoms with Crippen LogP contribution in [0.4, 0.5) is 0 Å². The Morgan fingerprint density at radius 3 is 2.02 bits per heavy atom. The molecule has 2 heterocycles. The number of aliphatic hydroxyl groups excluding tert-OH is 1. The summed E-state index contributed by atoms with van der Waals surface area (Å²) in [6.45, 7) is 13.6. The Hall–Kier alpha value is -5.53. The minimum absolute atomic E-state index is 0.144. The number of nitrogens with one attached hydrogen (secondary N) is 3. The Bertz CT molecular complexity index is 2300.